The van der Waals surface area contributed by atoms with Crippen molar-refractivity contribution in [1.82, 2.24) is 4.98 Å². The number of aromatic nitrogens is 1. The Bertz CT molecular complexity index is 974. The van der Waals surface area contributed by atoms with E-state index in [-0.39, 0.29) is 18.0 Å². The van der Waals surface area contributed by atoms with Gasteiger partial charge in [0, 0.05) is 18.0 Å². The molecule has 0 bridgehead atoms. The molecule has 0 aliphatic heterocycles. The van der Waals surface area contributed by atoms with Crippen LogP contribution in [0.5, 0.6) is 5.75 Å². The third-order valence-electron chi connectivity index (χ3n) is 3.96. The molecule has 3 aromatic rings. The van der Waals surface area contributed by atoms with E-state index < -0.39 is 11.7 Å². The molecular formula is C21H17FN2O3. The number of para-hydroxylation sites is 2. The Morgan fingerprint density at radius 2 is 1.93 bits per heavy atom. The maximum atomic E-state index is 13.4. The third kappa shape index (κ3) is 4.55. The summed E-state index contributed by atoms with van der Waals surface area (Å²) in [4.78, 5) is 28.3. The first-order valence-corrected chi connectivity index (χ1v) is 8.27. The first kappa shape index (κ1) is 18.3. The average molecular weight is 364 g/mol. The molecule has 0 aliphatic rings. The number of Topliss-reactive ketones (excluding diaryl/α,β-unsaturated/α-hetero) is 1. The first-order valence-electron chi connectivity index (χ1n) is 8.27. The number of benzene rings is 2. The first-order chi connectivity index (χ1) is 13.0. The Balaban J connectivity index is 1.73. The van der Waals surface area contributed by atoms with Crippen molar-refractivity contribution >= 4 is 17.4 Å². The molecule has 0 aliphatic carbocycles. The van der Waals surface area contributed by atoms with Crippen LogP contribution in [0.1, 0.15) is 21.5 Å². The van der Waals surface area contributed by atoms with Crippen molar-refractivity contribution in [2.45, 2.75) is 13.5 Å². The van der Waals surface area contributed by atoms with E-state index in [1.807, 2.05) is 6.92 Å². The van der Waals surface area contributed by atoms with E-state index in [1.54, 1.807) is 36.4 Å². The molecule has 27 heavy (non-hydrogen) atoms. The number of halogens is 1. The normalized spacial score (nSPS) is 10.3. The molecule has 0 fully saturated rings. The molecule has 0 saturated heterocycles. The van der Waals surface area contributed by atoms with E-state index in [4.69, 9.17) is 4.74 Å². The topological polar surface area (TPSA) is 68.3 Å². The van der Waals surface area contributed by atoms with Crippen molar-refractivity contribution < 1.29 is 18.7 Å². The molecule has 1 N–H and O–H groups in total. The maximum absolute atomic E-state index is 13.4. The van der Waals surface area contributed by atoms with Crippen LogP contribution >= 0.6 is 0 Å². The minimum Gasteiger partial charge on any atom is -0.487 e. The van der Waals surface area contributed by atoms with Crippen LogP contribution in [-0.2, 0) is 11.4 Å². The Morgan fingerprint density at radius 3 is 2.70 bits per heavy atom. The summed E-state index contributed by atoms with van der Waals surface area (Å²) in [6.07, 6.45) is 2.85. The van der Waals surface area contributed by atoms with Gasteiger partial charge in [0.1, 0.15) is 18.2 Å². The van der Waals surface area contributed by atoms with Gasteiger partial charge >= 0.3 is 0 Å². The van der Waals surface area contributed by atoms with Crippen LogP contribution < -0.4 is 10.1 Å². The Morgan fingerprint density at radius 1 is 1.11 bits per heavy atom. The summed E-state index contributed by atoms with van der Waals surface area (Å²) in [5.74, 6) is -1.45. The Hall–Kier alpha value is -3.54. The molecule has 0 radical (unpaired) electrons. The highest BCUT2D eigenvalue weighted by atomic mass is 19.1. The molecule has 1 amide bonds. The molecule has 1 heterocycles. The number of ketones is 1. The van der Waals surface area contributed by atoms with Crippen LogP contribution in [0.2, 0.25) is 0 Å². The van der Waals surface area contributed by atoms with Crippen molar-refractivity contribution in [3.8, 4) is 5.75 Å². The van der Waals surface area contributed by atoms with E-state index in [9.17, 15) is 14.0 Å². The molecule has 2 aromatic carbocycles. The molecule has 5 nitrogen and oxygen atoms in total. The van der Waals surface area contributed by atoms with Gasteiger partial charge < -0.3 is 10.1 Å². The highest BCUT2D eigenvalue weighted by Crippen LogP contribution is 2.25. The lowest BCUT2D eigenvalue weighted by atomic mass is 10.1. The van der Waals surface area contributed by atoms with Crippen LogP contribution in [0.15, 0.2) is 67.0 Å². The zero-order valence-electron chi connectivity index (χ0n) is 14.6. The smallest absolute Gasteiger partial charge is 0.296 e. The molecule has 136 valence electrons. The van der Waals surface area contributed by atoms with E-state index >= 15 is 0 Å². The molecule has 3 rings (SSSR count). The van der Waals surface area contributed by atoms with Gasteiger partial charge in [0.2, 0.25) is 0 Å². The summed E-state index contributed by atoms with van der Waals surface area (Å²) in [7, 11) is 0. The lowest BCUT2D eigenvalue weighted by Crippen LogP contribution is -2.23. The fourth-order valence-electron chi connectivity index (χ4n) is 2.45. The second-order valence-corrected chi connectivity index (χ2v) is 5.88. The Labute approximate surface area is 155 Å². The van der Waals surface area contributed by atoms with Crippen molar-refractivity contribution in [3.05, 3.63) is 89.5 Å². The van der Waals surface area contributed by atoms with Crippen molar-refractivity contribution in [2.75, 3.05) is 5.32 Å². The van der Waals surface area contributed by atoms with Crippen LogP contribution in [0.4, 0.5) is 10.1 Å². The predicted molar refractivity (Wildman–Crippen MR) is 99.1 cm³/mol. The minimum atomic E-state index is -0.791. The van der Waals surface area contributed by atoms with Gasteiger partial charge in [0.15, 0.2) is 0 Å². The fraction of sp³-hybridized carbons (Fsp3) is 0.0952. The van der Waals surface area contributed by atoms with Crippen LogP contribution in [0, 0.1) is 12.7 Å². The summed E-state index contributed by atoms with van der Waals surface area (Å²) in [5.41, 5.74) is 2.14. The van der Waals surface area contributed by atoms with Gasteiger partial charge in [-0.2, -0.15) is 0 Å². The number of anilines is 1. The fourth-order valence-corrected chi connectivity index (χ4v) is 2.45. The molecule has 0 atom stereocenters. The summed E-state index contributed by atoms with van der Waals surface area (Å²) >= 11 is 0. The number of ether oxygens (including phenoxy) is 1. The van der Waals surface area contributed by atoms with E-state index in [0.717, 1.165) is 5.56 Å². The summed E-state index contributed by atoms with van der Waals surface area (Å²) in [6, 6.07) is 14.3. The van der Waals surface area contributed by atoms with Crippen molar-refractivity contribution in [2.24, 2.45) is 0 Å². The number of aryl methyl sites for hydroxylation is 1. The molecule has 1 aromatic heterocycles. The lowest BCUT2D eigenvalue weighted by Gasteiger charge is -2.13. The third-order valence-corrected chi connectivity index (χ3v) is 3.96. The minimum absolute atomic E-state index is 0.132. The summed E-state index contributed by atoms with van der Waals surface area (Å²) in [5, 5.41) is 2.56. The summed E-state index contributed by atoms with van der Waals surface area (Å²) in [6.45, 7) is 1.99. The van der Waals surface area contributed by atoms with E-state index in [1.165, 1.54) is 30.6 Å². The van der Waals surface area contributed by atoms with Crippen LogP contribution in [0.25, 0.3) is 0 Å². The van der Waals surface area contributed by atoms with E-state index in [0.29, 0.717) is 17.0 Å². The maximum Gasteiger partial charge on any atom is 0.296 e. The van der Waals surface area contributed by atoms with Gasteiger partial charge in [0.25, 0.3) is 11.7 Å². The Kier molecular flexibility index (Phi) is 5.56. The highest BCUT2D eigenvalue weighted by molar-refractivity contribution is 6.46. The summed E-state index contributed by atoms with van der Waals surface area (Å²) < 4.78 is 19.2. The van der Waals surface area contributed by atoms with Gasteiger partial charge in [-0.25, -0.2) is 4.39 Å². The monoisotopic (exact) mass is 364 g/mol. The molecular weight excluding hydrogens is 347 g/mol. The molecule has 6 heteroatoms. The molecule has 0 spiro atoms. The van der Waals surface area contributed by atoms with Crippen LogP contribution in [0.3, 0.4) is 0 Å². The quantitative estimate of drug-likeness (QED) is 0.532. The van der Waals surface area contributed by atoms with Gasteiger partial charge in [-0.15, -0.1) is 0 Å². The largest absolute Gasteiger partial charge is 0.487 e. The second kappa shape index (κ2) is 8.23. The standard InChI is InChI=1S/C21H17FN2O3/c1-14-8-9-17(22)11-16(14)13-27-19-7-3-2-6-18(19)24-21(26)20(25)15-5-4-10-23-12-15/h2-12H,13H2,1H3,(H,24,26). The average Bonchev–Trinajstić information content (AvgIpc) is 2.69. The number of nitrogens with one attached hydrogen (secondary N) is 1. The predicted octanol–water partition coefficient (Wildman–Crippen LogP) is 3.93. The van der Waals surface area contributed by atoms with Crippen LogP contribution in [-0.4, -0.2) is 16.7 Å². The highest BCUT2D eigenvalue weighted by Gasteiger charge is 2.18. The number of rotatable bonds is 6. The van der Waals surface area contributed by atoms with Crippen molar-refractivity contribution in [3.63, 3.8) is 0 Å². The molecule has 0 unspecified atom stereocenters. The lowest BCUT2D eigenvalue weighted by molar-refractivity contribution is -0.112. The second-order valence-electron chi connectivity index (χ2n) is 5.88. The number of pyridine rings is 1. The van der Waals surface area contributed by atoms with Gasteiger partial charge in [-0.1, -0.05) is 18.2 Å². The van der Waals surface area contributed by atoms with Crippen molar-refractivity contribution in [1.29, 1.82) is 0 Å². The number of hydrogen-bond acceptors (Lipinski definition) is 4. The molecule has 0 saturated carbocycles. The zero-order valence-corrected chi connectivity index (χ0v) is 14.6. The number of carbonyl (C=O) groups excluding carboxylic acids is 2. The van der Waals surface area contributed by atoms with Gasteiger partial charge in [-0.05, 0) is 54.4 Å². The number of hydrogen-bond donors (Lipinski definition) is 1. The van der Waals surface area contributed by atoms with Gasteiger partial charge in [-0.3, -0.25) is 14.6 Å². The number of carbonyl (C=O) groups is 2. The zero-order chi connectivity index (χ0) is 19.2. The number of nitrogens with zero attached hydrogens (tertiary/aromatic N) is 1. The SMILES string of the molecule is Cc1ccc(F)cc1COc1ccccc1NC(=O)C(=O)c1cccnc1. The van der Waals surface area contributed by atoms with E-state index in [2.05, 4.69) is 10.3 Å². The van der Waals surface area contributed by atoms with Gasteiger partial charge in [0.05, 0.1) is 5.69 Å². The number of amides is 1.